The first-order chi connectivity index (χ1) is 1.91. The van der Waals surface area contributed by atoms with Crippen LogP contribution in [0.25, 0.3) is 0 Å². The third kappa shape index (κ3) is 2.34. The van der Waals surface area contributed by atoms with Crippen LogP contribution < -0.4 is 0 Å². The molecule has 4 heavy (non-hydrogen) atoms. The van der Waals surface area contributed by atoms with Crippen molar-refractivity contribution >= 4 is 0 Å². The van der Waals surface area contributed by atoms with Gasteiger partial charge in [0.25, 0.3) is 0 Å². The summed E-state index contributed by atoms with van der Waals surface area (Å²) in [6.07, 6.45) is 0. The molecule has 0 aromatic rings. The van der Waals surface area contributed by atoms with Crippen molar-refractivity contribution in [3.05, 3.63) is 0 Å². The average molecular weight is 98.0 g/mol. The molecule has 2 nitrogen and oxygen atoms in total. The summed E-state index contributed by atoms with van der Waals surface area (Å²) in [6.45, 7) is 0. The maximum absolute atomic E-state index is 9.17. The van der Waals surface area contributed by atoms with Gasteiger partial charge in [0.1, 0.15) is 0 Å². The zero-order valence-electron chi connectivity index (χ0n) is 2.26. The van der Waals surface area contributed by atoms with Gasteiger partial charge in [-0.3, -0.25) is 0 Å². The molecule has 0 rings (SSSR count). The Morgan fingerprint density at radius 3 is 2.25 bits per heavy atom. The Balaban J connectivity index is 2.30. The quantitative estimate of drug-likeness (QED) is 0.460. The normalized spacial score (nSPS) is 5.25. The molecule has 0 heterocycles. The molecule has 0 saturated heterocycles. The van der Waals surface area contributed by atoms with Crippen molar-refractivity contribution < 1.29 is 23.9 Å². The molecular formula is CH3O2V+2. The minimum absolute atomic E-state index is 1.03. The Bertz CT molecular complexity index is 20.0. The van der Waals surface area contributed by atoms with Gasteiger partial charge < -0.3 is 0 Å². The molecule has 0 aromatic carbocycles. The Morgan fingerprint density at radius 1 is 2.00 bits per heavy atom. The second-order valence-corrected chi connectivity index (χ2v) is 1.06. The van der Waals surface area contributed by atoms with E-state index in [9.17, 15) is 3.67 Å². The fourth-order valence-corrected chi connectivity index (χ4v) is 0. The SMILES string of the molecule is C[O][V+2]=[O]. The Labute approximate surface area is 31.8 Å². The molecule has 3 heteroatoms. The summed E-state index contributed by atoms with van der Waals surface area (Å²) in [6, 6.07) is 0. The summed E-state index contributed by atoms with van der Waals surface area (Å²) in [4.78, 5) is 0. The molecule has 22 valence electrons. The monoisotopic (exact) mass is 98.0 g/mol. The molecule has 0 atom stereocenters. The van der Waals surface area contributed by atoms with Gasteiger partial charge in [0.2, 0.25) is 0 Å². The van der Waals surface area contributed by atoms with Gasteiger partial charge in [-0.25, -0.2) is 0 Å². The van der Waals surface area contributed by atoms with Crippen LogP contribution in [-0.2, 0) is 23.9 Å². The van der Waals surface area contributed by atoms with Crippen molar-refractivity contribution in [1.29, 1.82) is 0 Å². The van der Waals surface area contributed by atoms with Gasteiger partial charge >= 0.3 is 31.0 Å². The topological polar surface area (TPSA) is 26.3 Å². The first-order valence-electron chi connectivity index (χ1n) is 0.773. The summed E-state index contributed by atoms with van der Waals surface area (Å²) in [7, 11) is 1.41. The van der Waals surface area contributed by atoms with Gasteiger partial charge in [-0.1, -0.05) is 0 Å². The fourth-order valence-electron chi connectivity index (χ4n) is 0. The third-order valence-corrected chi connectivity index (χ3v) is 0.307. The van der Waals surface area contributed by atoms with Crippen molar-refractivity contribution in [2.45, 2.75) is 0 Å². The van der Waals surface area contributed by atoms with Crippen LogP contribution in [0.5, 0.6) is 0 Å². The van der Waals surface area contributed by atoms with Crippen LogP contribution in [0.3, 0.4) is 0 Å². The van der Waals surface area contributed by atoms with E-state index in [0.29, 0.717) is 0 Å². The van der Waals surface area contributed by atoms with Crippen molar-refractivity contribution in [2.75, 3.05) is 7.11 Å². The van der Waals surface area contributed by atoms with Crippen LogP contribution in [0.4, 0.5) is 0 Å². The summed E-state index contributed by atoms with van der Waals surface area (Å²) in [5.74, 6) is 0. The number of rotatable bonds is 1. The van der Waals surface area contributed by atoms with Gasteiger partial charge in [-0.05, 0) is 0 Å². The molecule has 0 N–H and O–H groups in total. The molecule has 0 spiro atoms. The first-order valence-corrected chi connectivity index (χ1v) is 1.91. The minimum atomic E-state index is -1.03. The van der Waals surface area contributed by atoms with E-state index in [2.05, 4.69) is 3.66 Å². The standard InChI is InChI=1S/CH3O.O.V/c1-2;;/h1H3;;/q-1;;+3. The van der Waals surface area contributed by atoms with Gasteiger partial charge in [0, 0.05) is 0 Å². The van der Waals surface area contributed by atoms with Gasteiger partial charge in [-0.2, -0.15) is 0 Å². The van der Waals surface area contributed by atoms with E-state index in [1.165, 1.54) is 7.11 Å². The summed E-state index contributed by atoms with van der Waals surface area (Å²) >= 11 is -1.03. The predicted molar refractivity (Wildman–Crippen MR) is 7.70 cm³/mol. The van der Waals surface area contributed by atoms with Crippen molar-refractivity contribution in [3.8, 4) is 0 Å². The summed E-state index contributed by atoms with van der Waals surface area (Å²) < 4.78 is 13.2. The molecule has 0 aliphatic rings. The van der Waals surface area contributed by atoms with Crippen LogP contribution >= 0.6 is 0 Å². The first kappa shape index (κ1) is 4.34. The van der Waals surface area contributed by atoms with E-state index in [1.807, 2.05) is 0 Å². The van der Waals surface area contributed by atoms with Crippen LogP contribution in [0.1, 0.15) is 0 Å². The summed E-state index contributed by atoms with van der Waals surface area (Å²) in [5, 5.41) is 0. The van der Waals surface area contributed by atoms with Gasteiger partial charge in [-0.15, -0.1) is 0 Å². The number of hydrogen-bond acceptors (Lipinski definition) is 2. The van der Waals surface area contributed by atoms with E-state index in [1.54, 1.807) is 0 Å². The van der Waals surface area contributed by atoms with Gasteiger partial charge in [0.05, 0.1) is 0 Å². The molecule has 0 radical (unpaired) electrons. The Hall–Kier alpha value is 0.344. The van der Waals surface area contributed by atoms with Crippen molar-refractivity contribution in [1.82, 2.24) is 0 Å². The van der Waals surface area contributed by atoms with E-state index < -0.39 is 16.6 Å². The third-order valence-electron chi connectivity index (χ3n) is 0.0745. The van der Waals surface area contributed by atoms with Crippen LogP contribution in [-0.4, -0.2) is 7.11 Å². The van der Waals surface area contributed by atoms with Crippen molar-refractivity contribution in [3.63, 3.8) is 0 Å². The average Bonchev–Trinajstić information content (AvgIpc) is 1.37. The second kappa shape index (κ2) is 3.34. The van der Waals surface area contributed by atoms with Gasteiger partial charge in [0.15, 0.2) is 0 Å². The van der Waals surface area contributed by atoms with Crippen LogP contribution in [0.15, 0.2) is 0 Å². The molecule has 0 amide bonds. The second-order valence-electron chi connectivity index (χ2n) is 0.257. The molecule has 0 bridgehead atoms. The maximum atomic E-state index is 9.17. The predicted octanol–water partition coefficient (Wildman–Crippen LogP) is -0.0242. The molecule has 0 aliphatic heterocycles. The van der Waals surface area contributed by atoms with Crippen LogP contribution in [0.2, 0.25) is 0 Å². The van der Waals surface area contributed by atoms with Crippen molar-refractivity contribution in [2.24, 2.45) is 0 Å². The number of hydrogen-bond donors (Lipinski definition) is 0. The molecule has 0 aliphatic carbocycles. The Kier molecular flexibility index (Phi) is 3.63. The van der Waals surface area contributed by atoms with E-state index in [-0.39, 0.29) is 0 Å². The molecular weight excluding hydrogens is 95.0 g/mol. The molecule has 0 saturated carbocycles. The molecule has 0 fully saturated rings. The van der Waals surface area contributed by atoms with Crippen LogP contribution in [0, 0.1) is 0 Å². The summed E-state index contributed by atoms with van der Waals surface area (Å²) in [5.41, 5.74) is 0. The zero-order valence-corrected chi connectivity index (χ0v) is 3.66. The zero-order chi connectivity index (χ0) is 3.41. The Morgan fingerprint density at radius 2 is 2.25 bits per heavy atom. The fraction of sp³-hybridized carbons (Fsp3) is 1.00. The van der Waals surface area contributed by atoms with E-state index in [0.717, 1.165) is 0 Å². The van der Waals surface area contributed by atoms with E-state index >= 15 is 0 Å². The molecule has 0 unspecified atom stereocenters. The molecule has 0 aromatic heterocycles. The van der Waals surface area contributed by atoms with E-state index in [4.69, 9.17) is 0 Å².